The summed E-state index contributed by atoms with van der Waals surface area (Å²) in [6, 6.07) is 10.3. The molecule has 0 spiro atoms. The molecule has 2 atom stereocenters. The van der Waals surface area contributed by atoms with Crippen molar-refractivity contribution >= 4 is 29.3 Å². The van der Waals surface area contributed by atoms with E-state index in [0.29, 0.717) is 6.42 Å². The molecule has 4 rings (SSSR count). The molecule has 27 heavy (non-hydrogen) atoms. The molecule has 3 aliphatic heterocycles. The minimum absolute atomic E-state index is 0.101. The molecule has 3 heterocycles. The van der Waals surface area contributed by atoms with Crippen molar-refractivity contribution in [1.29, 1.82) is 0 Å². The summed E-state index contributed by atoms with van der Waals surface area (Å²) in [5.41, 5.74) is 1.23. The summed E-state index contributed by atoms with van der Waals surface area (Å²) in [6.45, 7) is 4.95. The van der Waals surface area contributed by atoms with E-state index in [1.165, 1.54) is 5.69 Å². The van der Waals surface area contributed by atoms with E-state index < -0.39 is 0 Å². The summed E-state index contributed by atoms with van der Waals surface area (Å²) in [7, 11) is 0. The topological polar surface area (TPSA) is 55.9 Å². The number of anilines is 1. The van der Waals surface area contributed by atoms with Gasteiger partial charge in [0.1, 0.15) is 0 Å². The maximum Gasteiger partial charge on any atom is 0.240 e. The smallest absolute Gasteiger partial charge is 0.240 e. The van der Waals surface area contributed by atoms with Gasteiger partial charge in [0, 0.05) is 50.6 Å². The summed E-state index contributed by atoms with van der Waals surface area (Å²) in [6.07, 6.45) is 1.34. The van der Waals surface area contributed by atoms with Gasteiger partial charge >= 0.3 is 0 Å². The predicted octanol–water partition coefficient (Wildman–Crippen LogP) is 1.24. The zero-order valence-corrected chi connectivity index (χ0v) is 16.5. The fourth-order valence-corrected chi connectivity index (χ4v) is 5.15. The number of rotatable bonds is 4. The second kappa shape index (κ2) is 8.52. The van der Waals surface area contributed by atoms with Crippen LogP contribution in [0.3, 0.4) is 0 Å². The van der Waals surface area contributed by atoms with E-state index in [9.17, 15) is 9.59 Å². The number of carbonyl (C=O) groups excluding carboxylic acids is 2. The number of hydrogen-bond acceptors (Lipinski definition) is 5. The van der Waals surface area contributed by atoms with E-state index in [1.807, 2.05) is 27.6 Å². The van der Waals surface area contributed by atoms with Crippen LogP contribution in [0.5, 0.6) is 0 Å². The summed E-state index contributed by atoms with van der Waals surface area (Å²) in [5.74, 6) is 2.57. The van der Waals surface area contributed by atoms with Crippen molar-refractivity contribution < 1.29 is 9.59 Å². The lowest BCUT2D eigenvalue weighted by Crippen LogP contribution is -2.49. The molecule has 2 amide bonds. The fourth-order valence-electron chi connectivity index (χ4n) is 4.19. The van der Waals surface area contributed by atoms with Gasteiger partial charge in [0.05, 0.1) is 11.9 Å². The first-order valence-electron chi connectivity index (χ1n) is 9.88. The Kier molecular flexibility index (Phi) is 5.88. The number of nitrogens with one attached hydrogen (secondary N) is 1. The zero-order chi connectivity index (χ0) is 18.6. The van der Waals surface area contributed by atoms with Gasteiger partial charge in [-0.05, 0) is 31.0 Å². The molecule has 0 aromatic heterocycles. The highest BCUT2D eigenvalue weighted by Gasteiger charge is 2.35. The monoisotopic (exact) mass is 388 g/mol. The van der Waals surface area contributed by atoms with Crippen LogP contribution >= 0.6 is 11.8 Å². The van der Waals surface area contributed by atoms with E-state index in [0.717, 1.165) is 57.3 Å². The molecule has 6 nitrogen and oxygen atoms in total. The minimum Gasteiger partial charge on any atom is -0.368 e. The standard InChI is InChI=1S/C20H28N4O2S/c25-19(23-8-6-22(7-9-23)17-4-2-1-3-5-17)13-16-12-18(21-14-16)20(26)24-10-11-27-15-24/h1-5,16,18,21H,6-15H2/t16?,18-/m0/s1. The molecule has 0 aliphatic carbocycles. The molecule has 0 bridgehead atoms. The third kappa shape index (κ3) is 4.41. The van der Waals surface area contributed by atoms with Gasteiger partial charge in [-0.1, -0.05) is 18.2 Å². The quantitative estimate of drug-likeness (QED) is 0.841. The molecule has 0 saturated carbocycles. The third-order valence-corrected chi connectivity index (χ3v) is 6.77. The molecule has 1 unspecified atom stereocenters. The Bertz CT molecular complexity index is 657. The number of amides is 2. The van der Waals surface area contributed by atoms with Crippen molar-refractivity contribution in [2.75, 3.05) is 55.8 Å². The lowest BCUT2D eigenvalue weighted by atomic mass is 10.00. The van der Waals surface area contributed by atoms with Crippen LogP contribution in [0.15, 0.2) is 30.3 Å². The Labute approximate surface area is 165 Å². The molecular formula is C20H28N4O2S. The molecule has 1 aromatic carbocycles. The molecule has 0 radical (unpaired) electrons. The van der Waals surface area contributed by atoms with E-state index in [-0.39, 0.29) is 23.8 Å². The van der Waals surface area contributed by atoms with E-state index in [1.54, 1.807) is 0 Å². The Morgan fingerprint density at radius 1 is 1.04 bits per heavy atom. The Morgan fingerprint density at radius 3 is 2.52 bits per heavy atom. The second-order valence-electron chi connectivity index (χ2n) is 7.61. The predicted molar refractivity (Wildman–Crippen MR) is 109 cm³/mol. The van der Waals surface area contributed by atoms with Crippen molar-refractivity contribution in [2.45, 2.75) is 18.9 Å². The van der Waals surface area contributed by atoms with E-state index in [2.05, 4.69) is 34.5 Å². The molecule has 7 heteroatoms. The molecule has 1 aromatic rings. The highest BCUT2D eigenvalue weighted by atomic mass is 32.2. The summed E-state index contributed by atoms with van der Waals surface area (Å²) in [4.78, 5) is 31.5. The molecule has 146 valence electrons. The summed E-state index contributed by atoms with van der Waals surface area (Å²) in [5, 5.41) is 3.34. The Balaban J connectivity index is 1.22. The number of hydrogen-bond donors (Lipinski definition) is 1. The van der Waals surface area contributed by atoms with Crippen LogP contribution in [-0.2, 0) is 9.59 Å². The number of carbonyl (C=O) groups is 2. The van der Waals surface area contributed by atoms with Crippen LogP contribution in [0.4, 0.5) is 5.69 Å². The van der Waals surface area contributed by atoms with Gasteiger partial charge in [-0.3, -0.25) is 9.59 Å². The SMILES string of the molecule is O=C(CC1CN[C@H](C(=O)N2CCSC2)C1)N1CCN(c2ccccc2)CC1. The molecule has 3 aliphatic rings. The first-order chi connectivity index (χ1) is 13.2. The maximum absolute atomic E-state index is 12.7. The Morgan fingerprint density at radius 2 is 1.81 bits per heavy atom. The number of thioether (sulfide) groups is 1. The van der Waals surface area contributed by atoms with Crippen LogP contribution in [-0.4, -0.2) is 78.6 Å². The first-order valence-corrected chi connectivity index (χ1v) is 11.0. The van der Waals surface area contributed by atoms with Crippen LogP contribution in [0, 0.1) is 5.92 Å². The van der Waals surface area contributed by atoms with Crippen LogP contribution in [0.2, 0.25) is 0 Å². The van der Waals surface area contributed by atoms with Gasteiger partial charge < -0.3 is 20.0 Å². The van der Waals surface area contributed by atoms with Gasteiger partial charge in [0.2, 0.25) is 11.8 Å². The molecule has 3 saturated heterocycles. The van der Waals surface area contributed by atoms with E-state index in [4.69, 9.17) is 0 Å². The van der Waals surface area contributed by atoms with Crippen LogP contribution in [0.1, 0.15) is 12.8 Å². The van der Waals surface area contributed by atoms with E-state index >= 15 is 0 Å². The summed E-state index contributed by atoms with van der Waals surface area (Å²) >= 11 is 1.81. The van der Waals surface area contributed by atoms with Crippen molar-refractivity contribution in [2.24, 2.45) is 5.92 Å². The first kappa shape index (κ1) is 18.6. The van der Waals surface area contributed by atoms with Crippen molar-refractivity contribution in [1.82, 2.24) is 15.1 Å². The van der Waals surface area contributed by atoms with Crippen molar-refractivity contribution in [3.05, 3.63) is 30.3 Å². The lowest BCUT2D eigenvalue weighted by Gasteiger charge is -2.36. The molecule has 1 N–H and O–H groups in total. The highest BCUT2D eigenvalue weighted by molar-refractivity contribution is 7.99. The van der Waals surface area contributed by atoms with Gasteiger partial charge in [-0.15, -0.1) is 11.8 Å². The number of para-hydroxylation sites is 1. The van der Waals surface area contributed by atoms with Crippen molar-refractivity contribution in [3.8, 4) is 0 Å². The third-order valence-electron chi connectivity index (χ3n) is 5.80. The fraction of sp³-hybridized carbons (Fsp3) is 0.600. The number of nitrogens with zero attached hydrogens (tertiary/aromatic N) is 3. The van der Waals surface area contributed by atoms with Gasteiger partial charge in [-0.2, -0.15) is 0 Å². The minimum atomic E-state index is -0.101. The average Bonchev–Trinajstić information content (AvgIpc) is 3.41. The van der Waals surface area contributed by atoms with Crippen LogP contribution < -0.4 is 10.2 Å². The molecule has 3 fully saturated rings. The molecular weight excluding hydrogens is 360 g/mol. The lowest BCUT2D eigenvalue weighted by molar-refractivity contribution is -0.133. The highest BCUT2D eigenvalue weighted by Crippen LogP contribution is 2.23. The number of piperazine rings is 1. The second-order valence-corrected chi connectivity index (χ2v) is 8.68. The van der Waals surface area contributed by atoms with Gasteiger partial charge in [-0.25, -0.2) is 0 Å². The van der Waals surface area contributed by atoms with Crippen LogP contribution in [0.25, 0.3) is 0 Å². The number of benzene rings is 1. The maximum atomic E-state index is 12.7. The Hall–Kier alpha value is -1.73. The van der Waals surface area contributed by atoms with Gasteiger partial charge in [0.25, 0.3) is 0 Å². The zero-order valence-electron chi connectivity index (χ0n) is 15.7. The van der Waals surface area contributed by atoms with Gasteiger partial charge in [0.15, 0.2) is 0 Å². The largest absolute Gasteiger partial charge is 0.368 e. The summed E-state index contributed by atoms with van der Waals surface area (Å²) < 4.78 is 0. The van der Waals surface area contributed by atoms with Crippen molar-refractivity contribution in [3.63, 3.8) is 0 Å². The average molecular weight is 389 g/mol. The normalized spacial score (nSPS) is 25.9.